The first-order valence-electron chi connectivity index (χ1n) is 6.27. The molecule has 2 aromatic carbocycles. The lowest BCUT2D eigenvalue weighted by Crippen LogP contribution is -2.14. The van der Waals surface area contributed by atoms with Crippen LogP contribution in [-0.4, -0.2) is 11.7 Å². The molecule has 0 aliphatic heterocycles. The standard InChI is InChI=1S/C16H15NOS/c18-10-15(17-12-6-2-1-3-7-12)14-11-19-16-9-5-4-8-13(14)16/h1-9,11,15,17-18H,10H2. The number of aliphatic hydroxyl groups is 1. The van der Waals surface area contributed by atoms with Gasteiger partial charge in [-0.15, -0.1) is 11.3 Å². The number of para-hydroxylation sites is 1. The Labute approximate surface area is 116 Å². The summed E-state index contributed by atoms with van der Waals surface area (Å²) in [5, 5.41) is 16.4. The minimum Gasteiger partial charge on any atom is -0.394 e. The molecule has 2 N–H and O–H groups in total. The number of aliphatic hydroxyl groups excluding tert-OH is 1. The molecule has 0 amide bonds. The number of nitrogens with one attached hydrogen (secondary N) is 1. The summed E-state index contributed by atoms with van der Waals surface area (Å²) in [5.74, 6) is 0. The van der Waals surface area contributed by atoms with E-state index < -0.39 is 0 Å². The van der Waals surface area contributed by atoms with Crippen LogP contribution in [0.2, 0.25) is 0 Å². The Morgan fingerprint density at radius 2 is 1.74 bits per heavy atom. The molecular weight excluding hydrogens is 254 g/mol. The fraction of sp³-hybridized carbons (Fsp3) is 0.125. The molecule has 96 valence electrons. The molecule has 0 bridgehead atoms. The SMILES string of the molecule is OCC(Nc1ccccc1)c1csc2ccccc12. The molecule has 1 aromatic heterocycles. The van der Waals surface area contributed by atoms with E-state index in [4.69, 9.17) is 0 Å². The highest BCUT2D eigenvalue weighted by Gasteiger charge is 2.14. The van der Waals surface area contributed by atoms with E-state index in [2.05, 4.69) is 22.8 Å². The summed E-state index contributed by atoms with van der Waals surface area (Å²) in [6.45, 7) is 0.0790. The van der Waals surface area contributed by atoms with Crippen molar-refractivity contribution in [1.82, 2.24) is 0 Å². The van der Waals surface area contributed by atoms with Crippen LogP contribution >= 0.6 is 11.3 Å². The van der Waals surface area contributed by atoms with Gasteiger partial charge in [0.25, 0.3) is 0 Å². The number of thiophene rings is 1. The van der Waals surface area contributed by atoms with Crippen molar-refractivity contribution in [2.24, 2.45) is 0 Å². The number of rotatable bonds is 4. The second-order valence-electron chi connectivity index (χ2n) is 4.43. The van der Waals surface area contributed by atoms with Gasteiger partial charge in [0.05, 0.1) is 12.6 Å². The summed E-state index contributed by atoms with van der Waals surface area (Å²) in [4.78, 5) is 0. The first kappa shape index (κ1) is 12.2. The van der Waals surface area contributed by atoms with E-state index in [1.165, 1.54) is 10.1 Å². The molecule has 1 atom stereocenters. The van der Waals surface area contributed by atoms with E-state index in [0.717, 1.165) is 11.3 Å². The minimum atomic E-state index is -0.0708. The molecule has 19 heavy (non-hydrogen) atoms. The molecule has 0 spiro atoms. The van der Waals surface area contributed by atoms with Crippen LogP contribution in [0.1, 0.15) is 11.6 Å². The normalized spacial score (nSPS) is 12.5. The van der Waals surface area contributed by atoms with Gasteiger partial charge in [-0.25, -0.2) is 0 Å². The maximum absolute atomic E-state index is 9.66. The molecule has 0 aliphatic carbocycles. The number of benzene rings is 2. The molecule has 3 heteroatoms. The molecule has 3 aromatic rings. The third kappa shape index (κ3) is 2.48. The average Bonchev–Trinajstić information content (AvgIpc) is 2.90. The highest BCUT2D eigenvalue weighted by atomic mass is 32.1. The summed E-state index contributed by atoms with van der Waals surface area (Å²) >= 11 is 1.72. The van der Waals surface area contributed by atoms with Crippen LogP contribution in [0.5, 0.6) is 0 Å². The summed E-state index contributed by atoms with van der Waals surface area (Å²) in [5.41, 5.74) is 2.18. The number of hydrogen-bond donors (Lipinski definition) is 2. The van der Waals surface area contributed by atoms with Crippen molar-refractivity contribution in [1.29, 1.82) is 0 Å². The first-order valence-corrected chi connectivity index (χ1v) is 7.15. The van der Waals surface area contributed by atoms with Gasteiger partial charge in [-0.05, 0) is 34.5 Å². The summed E-state index contributed by atoms with van der Waals surface area (Å²) in [6, 6.07) is 18.2. The smallest absolute Gasteiger partial charge is 0.0759 e. The molecule has 0 radical (unpaired) electrons. The van der Waals surface area contributed by atoms with Crippen LogP contribution in [0.3, 0.4) is 0 Å². The van der Waals surface area contributed by atoms with E-state index in [0.29, 0.717) is 0 Å². The maximum atomic E-state index is 9.66. The van der Waals surface area contributed by atoms with Crippen LogP contribution in [0.25, 0.3) is 10.1 Å². The van der Waals surface area contributed by atoms with Gasteiger partial charge in [0, 0.05) is 10.4 Å². The van der Waals surface area contributed by atoms with Crippen molar-refractivity contribution < 1.29 is 5.11 Å². The third-order valence-corrected chi connectivity index (χ3v) is 4.17. The maximum Gasteiger partial charge on any atom is 0.0759 e. The second-order valence-corrected chi connectivity index (χ2v) is 5.34. The van der Waals surface area contributed by atoms with Gasteiger partial charge in [-0.1, -0.05) is 36.4 Å². The van der Waals surface area contributed by atoms with E-state index >= 15 is 0 Å². The van der Waals surface area contributed by atoms with Gasteiger partial charge < -0.3 is 10.4 Å². The summed E-state index contributed by atoms with van der Waals surface area (Å²) in [6.07, 6.45) is 0. The lowest BCUT2D eigenvalue weighted by molar-refractivity contribution is 0.277. The fourth-order valence-electron chi connectivity index (χ4n) is 2.23. The Balaban J connectivity index is 1.94. The predicted molar refractivity (Wildman–Crippen MR) is 81.7 cm³/mol. The van der Waals surface area contributed by atoms with Crippen LogP contribution < -0.4 is 5.32 Å². The Bertz CT molecular complexity index is 663. The zero-order chi connectivity index (χ0) is 13.1. The van der Waals surface area contributed by atoms with Crippen molar-refractivity contribution >= 4 is 27.1 Å². The highest BCUT2D eigenvalue weighted by molar-refractivity contribution is 7.17. The molecule has 0 saturated carbocycles. The zero-order valence-electron chi connectivity index (χ0n) is 10.4. The quantitative estimate of drug-likeness (QED) is 0.749. The van der Waals surface area contributed by atoms with Gasteiger partial charge in [-0.2, -0.15) is 0 Å². The van der Waals surface area contributed by atoms with E-state index in [-0.39, 0.29) is 12.6 Å². The van der Waals surface area contributed by atoms with Crippen molar-refractivity contribution in [3.63, 3.8) is 0 Å². The molecule has 3 rings (SSSR count). The van der Waals surface area contributed by atoms with Crippen molar-refractivity contribution in [3.8, 4) is 0 Å². The third-order valence-electron chi connectivity index (χ3n) is 3.18. The zero-order valence-corrected chi connectivity index (χ0v) is 11.2. The Morgan fingerprint density at radius 1 is 1.00 bits per heavy atom. The topological polar surface area (TPSA) is 32.3 Å². The average molecular weight is 269 g/mol. The molecule has 0 fully saturated rings. The monoisotopic (exact) mass is 269 g/mol. The lowest BCUT2D eigenvalue weighted by Gasteiger charge is -2.17. The van der Waals surface area contributed by atoms with Crippen molar-refractivity contribution in [2.45, 2.75) is 6.04 Å². The van der Waals surface area contributed by atoms with Crippen LogP contribution in [0.15, 0.2) is 60.0 Å². The molecule has 1 heterocycles. The first-order chi connectivity index (χ1) is 9.38. The number of hydrogen-bond acceptors (Lipinski definition) is 3. The Kier molecular flexibility index (Phi) is 3.49. The molecule has 1 unspecified atom stereocenters. The van der Waals surface area contributed by atoms with Gasteiger partial charge in [0.1, 0.15) is 0 Å². The van der Waals surface area contributed by atoms with E-state index in [1.807, 2.05) is 42.5 Å². The highest BCUT2D eigenvalue weighted by Crippen LogP contribution is 2.31. The Morgan fingerprint density at radius 3 is 2.53 bits per heavy atom. The van der Waals surface area contributed by atoms with E-state index in [1.54, 1.807) is 11.3 Å². The summed E-state index contributed by atoms with van der Waals surface area (Å²) < 4.78 is 1.26. The number of fused-ring (bicyclic) bond motifs is 1. The predicted octanol–water partition coefficient (Wildman–Crippen LogP) is 4.05. The van der Waals surface area contributed by atoms with Crippen molar-refractivity contribution in [2.75, 3.05) is 11.9 Å². The lowest BCUT2D eigenvalue weighted by atomic mass is 10.1. The summed E-state index contributed by atoms with van der Waals surface area (Å²) in [7, 11) is 0. The Hall–Kier alpha value is -1.84. The van der Waals surface area contributed by atoms with E-state index in [9.17, 15) is 5.11 Å². The fourth-order valence-corrected chi connectivity index (χ4v) is 3.24. The van der Waals surface area contributed by atoms with Crippen molar-refractivity contribution in [3.05, 3.63) is 65.5 Å². The second kappa shape index (κ2) is 5.43. The molecule has 0 saturated heterocycles. The van der Waals surface area contributed by atoms with Gasteiger partial charge in [0.2, 0.25) is 0 Å². The van der Waals surface area contributed by atoms with Gasteiger partial charge in [0.15, 0.2) is 0 Å². The molecular formula is C16H15NOS. The largest absolute Gasteiger partial charge is 0.394 e. The van der Waals surface area contributed by atoms with Crippen LogP contribution in [0.4, 0.5) is 5.69 Å². The van der Waals surface area contributed by atoms with Gasteiger partial charge in [-0.3, -0.25) is 0 Å². The molecule has 0 aliphatic rings. The van der Waals surface area contributed by atoms with Crippen LogP contribution in [0, 0.1) is 0 Å². The van der Waals surface area contributed by atoms with Crippen LogP contribution in [-0.2, 0) is 0 Å². The minimum absolute atomic E-state index is 0.0708. The molecule has 2 nitrogen and oxygen atoms in total. The van der Waals surface area contributed by atoms with Gasteiger partial charge >= 0.3 is 0 Å². The number of anilines is 1.